The van der Waals surface area contributed by atoms with Gasteiger partial charge < -0.3 is 15.6 Å². The van der Waals surface area contributed by atoms with Crippen LogP contribution in [0, 0.1) is 5.92 Å². The number of carbonyl (C=O) groups excluding carboxylic acids is 2. The number of hydrogen-bond acceptors (Lipinski definition) is 4. The molecular weight excluding hydrogens is 198 g/mol. The SMILES string of the molecule is CC(=O)C(C)N.CC(=O)CC(C)C(=O)O. The minimum absolute atomic E-state index is 0.0370. The summed E-state index contributed by atoms with van der Waals surface area (Å²) >= 11 is 0. The highest BCUT2D eigenvalue weighted by atomic mass is 16.4. The summed E-state index contributed by atoms with van der Waals surface area (Å²) in [5.74, 6) is -1.49. The molecule has 0 radical (unpaired) electrons. The number of aliphatic carboxylic acids is 1. The Labute approximate surface area is 89.6 Å². The van der Waals surface area contributed by atoms with Crippen molar-refractivity contribution in [3.8, 4) is 0 Å². The number of rotatable bonds is 4. The lowest BCUT2D eigenvalue weighted by Crippen LogP contribution is -2.23. The standard InChI is InChI=1S/C6H10O3.C4H9NO/c1-4(6(8)9)3-5(2)7;1-3(5)4(2)6/h4H,3H2,1-2H3,(H,8,9);3H,5H2,1-2H3. The first-order valence-electron chi connectivity index (χ1n) is 4.66. The molecule has 0 bridgehead atoms. The lowest BCUT2D eigenvalue weighted by atomic mass is 10.1. The van der Waals surface area contributed by atoms with Gasteiger partial charge in [0.05, 0.1) is 12.0 Å². The van der Waals surface area contributed by atoms with Crippen LogP contribution in [0.3, 0.4) is 0 Å². The van der Waals surface area contributed by atoms with Crippen molar-refractivity contribution in [2.24, 2.45) is 11.7 Å². The maximum atomic E-state index is 10.3. The van der Waals surface area contributed by atoms with Crippen molar-refractivity contribution in [3.63, 3.8) is 0 Å². The Hall–Kier alpha value is -1.23. The van der Waals surface area contributed by atoms with E-state index >= 15 is 0 Å². The van der Waals surface area contributed by atoms with Gasteiger partial charge in [0.2, 0.25) is 0 Å². The van der Waals surface area contributed by atoms with Gasteiger partial charge in [-0.3, -0.25) is 9.59 Å². The average Bonchev–Trinajstić information content (AvgIpc) is 2.03. The van der Waals surface area contributed by atoms with Gasteiger partial charge in [0, 0.05) is 6.42 Å². The highest BCUT2D eigenvalue weighted by molar-refractivity contribution is 5.81. The molecule has 2 atom stereocenters. The Bertz CT molecular complexity index is 236. The van der Waals surface area contributed by atoms with Crippen molar-refractivity contribution in [2.75, 3.05) is 0 Å². The van der Waals surface area contributed by atoms with Crippen LogP contribution in [-0.4, -0.2) is 28.7 Å². The molecular formula is C10H19NO4. The zero-order valence-electron chi connectivity index (χ0n) is 9.61. The number of ketones is 2. The van der Waals surface area contributed by atoms with E-state index in [-0.39, 0.29) is 24.0 Å². The first kappa shape index (κ1) is 16.2. The van der Waals surface area contributed by atoms with E-state index in [1.807, 2.05) is 0 Å². The van der Waals surface area contributed by atoms with Gasteiger partial charge in [0.1, 0.15) is 11.6 Å². The summed E-state index contributed by atoms with van der Waals surface area (Å²) in [6.07, 6.45) is 0.134. The molecule has 5 heteroatoms. The van der Waals surface area contributed by atoms with Crippen molar-refractivity contribution in [1.82, 2.24) is 0 Å². The van der Waals surface area contributed by atoms with Crippen LogP contribution in [0.25, 0.3) is 0 Å². The molecule has 0 saturated heterocycles. The molecule has 88 valence electrons. The predicted octanol–water partition coefficient (Wildman–Crippen LogP) is 0.609. The topological polar surface area (TPSA) is 97.5 Å². The molecule has 5 nitrogen and oxygen atoms in total. The van der Waals surface area contributed by atoms with Gasteiger partial charge in [-0.15, -0.1) is 0 Å². The van der Waals surface area contributed by atoms with Crippen LogP contribution in [0.2, 0.25) is 0 Å². The van der Waals surface area contributed by atoms with Gasteiger partial charge in [-0.25, -0.2) is 0 Å². The number of carboxylic acid groups (broad SMARTS) is 1. The zero-order chi connectivity index (χ0) is 12.6. The molecule has 0 fully saturated rings. The Balaban J connectivity index is 0. The van der Waals surface area contributed by atoms with Crippen molar-refractivity contribution in [2.45, 2.75) is 40.2 Å². The number of nitrogens with two attached hydrogens (primary N) is 1. The van der Waals surface area contributed by atoms with Gasteiger partial charge in [0.15, 0.2) is 0 Å². The van der Waals surface area contributed by atoms with Crippen LogP contribution in [0.4, 0.5) is 0 Å². The van der Waals surface area contributed by atoms with Gasteiger partial charge in [0.25, 0.3) is 0 Å². The average molecular weight is 217 g/mol. The number of hydrogen-bond donors (Lipinski definition) is 2. The molecule has 3 N–H and O–H groups in total. The molecule has 15 heavy (non-hydrogen) atoms. The van der Waals surface area contributed by atoms with Gasteiger partial charge in [-0.1, -0.05) is 6.92 Å². The lowest BCUT2D eigenvalue weighted by molar-refractivity contribution is -0.142. The van der Waals surface area contributed by atoms with E-state index in [9.17, 15) is 14.4 Å². The Morgan fingerprint density at radius 3 is 1.60 bits per heavy atom. The van der Waals surface area contributed by atoms with E-state index in [0.717, 1.165) is 0 Å². The first-order chi connectivity index (χ1) is 6.68. The molecule has 0 aromatic rings. The van der Waals surface area contributed by atoms with E-state index < -0.39 is 11.9 Å². The molecule has 0 aromatic heterocycles. The van der Waals surface area contributed by atoms with Crippen LogP contribution in [0.5, 0.6) is 0 Å². The summed E-state index contributed by atoms with van der Waals surface area (Å²) in [6.45, 7) is 6.05. The summed E-state index contributed by atoms with van der Waals surface area (Å²) in [5.41, 5.74) is 5.09. The zero-order valence-corrected chi connectivity index (χ0v) is 9.61. The Morgan fingerprint density at radius 2 is 1.53 bits per heavy atom. The normalized spacial score (nSPS) is 13.1. The van der Waals surface area contributed by atoms with E-state index in [0.29, 0.717) is 0 Å². The minimum atomic E-state index is -0.912. The molecule has 0 heterocycles. The molecule has 0 aromatic carbocycles. The predicted molar refractivity (Wildman–Crippen MR) is 56.4 cm³/mol. The quantitative estimate of drug-likeness (QED) is 0.719. The molecule has 0 aliphatic rings. The van der Waals surface area contributed by atoms with E-state index in [1.165, 1.54) is 20.8 Å². The number of carbonyl (C=O) groups is 3. The minimum Gasteiger partial charge on any atom is -0.481 e. The fourth-order valence-corrected chi connectivity index (χ4v) is 0.518. The molecule has 0 spiro atoms. The van der Waals surface area contributed by atoms with Crippen LogP contribution in [-0.2, 0) is 14.4 Å². The maximum absolute atomic E-state index is 10.3. The molecule has 0 amide bonds. The molecule has 2 unspecified atom stereocenters. The van der Waals surface area contributed by atoms with Crippen molar-refractivity contribution in [1.29, 1.82) is 0 Å². The number of Topliss-reactive ketones (excluding diaryl/α,β-unsaturated/α-hetero) is 2. The second-order valence-corrected chi connectivity index (χ2v) is 3.54. The highest BCUT2D eigenvalue weighted by Gasteiger charge is 2.11. The summed E-state index contributed by atoms with van der Waals surface area (Å²) in [7, 11) is 0. The third kappa shape index (κ3) is 12.8. The van der Waals surface area contributed by atoms with Crippen molar-refractivity contribution < 1.29 is 19.5 Å². The van der Waals surface area contributed by atoms with Crippen molar-refractivity contribution in [3.05, 3.63) is 0 Å². The van der Waals surface area contributed by atoms with Crippen LogP contribution in [0.1, 0.15) is 34.1 Å². The van der Waals surface area contributed by atoms with Gasteiger partial charge in [-0.05, 0) is 20.8 Å². The summed E-state index contributed by atoms with van der Waals surface area (Å²) in [4.78, 5) is 30.4. The maximum Gasteiger partial charge on any atom is 0.306 e. The fourth-order valence-electron chi connectivity index (χ4n) is 0.518. The summed E-state index contributed by atoms with van der Waals surface area (Å²) in [6, 6.07) is -0.287. The van der Waals surface area contributed by atoms with Crippen molar-refractivity contribution >= 4 is 17.5 Å². The third-order valence-electron chi connectivity index (χ3n) is 1.66. The van der Waals surface area contributed by atoms with E-state index in [2.05, 4.69) is 0 Å². The fraction of sp³-hybridized carbons (Fsp3) is 0.700. The van der Waals surface area contributed by atoms with Gasteiger partial charge >= 0.3 is 5.97 Å². The largest absolute Gasteiger partial charge is 0.481 e. The molecule has 0 aliphatic heterocycles. The Kier molecular flexibility index (Phi) is 8.76. The van der Waals surface area contributed by atoms with Crippen LogP contribution < -0.4 is 5.73 Å². The van der Waals surface area contributed by atoms with E-state index in [1.54, 1.807) is 6.92 Å². The summed E-state index contributed by atoms with van der Waals surface area (Å²) in [5, 5.41) is 8.28. The van der Waals surface area contributed by atoms with Crippen LogP contribution in [0.15, 0.2) is 0 Å². The van der Waals surface area contributed by atoms with Gasteiger partial charge in [-0.2, -0.15) is 0 Å². The molecule has 0 saturated carbocycles. The lowest BCUT2D eigenvalue weighted by Gasteiger charge is -1.99. The first-order valence-corrected chi connectivity index (χ1v) is 4.66. The van der Waals surface area contributed by atoms with Crippen LogP contribution >= 0.6 is 0 Å². The second kappa shape index (κ2) is 8.11. The highest BCUT2D eigenvalue weighted by Crippen LogP contribution is 2.00. The summed E-state index contributed by atoms with van der Waals surface area (Å²) < 4.78 is 0. The molecule has 0 aliphatic carbocycles. The Morgan fingerprint density at radius 1 is 1.20 bits per heavy atom. The smallest absolute Gasteiger partial charge is 0.306 e. The monoisotopic (exact) mass is 217 g/mol. The third-order valence-corrected chi connectivity index (χ3v) is 1.66. The number of carboxylic acids is 1. The second-order valence-electron chi connectivity index (χ2n) is 3.54. The van der Waals surface area contributed by atoms with E-state index in [4.69, 9.17) is 10.8 Å². The molecule has 0 rings (SSSR count).